The van der Waals surface area contributed by atoms with Gasteiger partial charge in [-0.25, -0.2) is 4.39 Å². The molecule has 2 fully saturated rings. The molecule has 2 heterocycles. The van der Waals surface area contributed by atoms with E-state index in [9.17, 15) is 18.8 Å². The summed E-state index contributed by atoms with van der Waals surface area (Å²) in [5, 5.41) is 5.53. The van der Waals surface area contributed by atoms with Gasteiger partial charge in [0.15, 0.2) is 0 Å². The number of nitrogens with zero attached hydrogens (tertiary/aromatic N) is 2. The molecule has 3 amide bonds. The summed E-state index contributed by atoms with van der Waals surface area (Å²) in [6.45, 7) is 0.611. The lowest BCUT2D eigenvalue weighted by Gasteiger charge is -2.28. The van der Waals surface area contributed by atoms with E-state index in [0.717, 1.165) is 24.2 Å². The normalized spacial score (nSPS) is 17.2. The summed E-state index contributed by atoms with van der Waals surface area (Å²) in [5.74, 6) is -1.59. The molecule has 1 aromatic heterocycles. The van der Waals surface area contributed by atoms with Crippen LogP contribution in [0.25, 0.3) is 0 Å². The van der Waals surface area contributed by atoms with Crippen molar-refractivity contribution in [3.05, 3.63) is 45.4 Å². The molecule has 1 aliphatic carbocycles. The van der Waals surface area contributed by atoms with Crippen LogP contribution in [0.1, 0.15) is 22.5 Å². The van der Waals surface area contributed by atoms with Crippen LogP contribution >= 0.6 is 22.9 Å². The molecule has 4 rings (SSSR count). The molecule has 11 heteroatoms. The van der Waals surface area contributed by atoms with Gasteiger partial charge in [0.25, 0.3) is 11.8 Å². The van der Waals surface area contributed by atoms with E-state index < -0.39 is 11.9 Å². The Morgan fingerprint density at radius 2 is 2.12 bits per heavy atom. The molecular formula is C22H24ClFN4O4S. The summed E-state index contributed by atoms with van der Waals surface area (Å²) in [6.07, 6.45) is 1.96. The fraction of sp³-hybridized carbons (Fsp3) is 0.409. The minimum atomic E-state index is -0.638. The average Bonchev–Trinajstić information content (AvgIpc) is 3.55. The van der Waals surface area contributed by atoms with Crippen molar-refractivity contribution in [2.75, 3.05) is 43.6 Å². The predicted molar refractivity (Wildman–Crippen MR) is 124 cm³/mol. The molecule has 0 spiro atoms. The van der Waals surface area contributed by atoms with Crippen LogP contribution in [-0.4, -0.2) is 68.1 Å². The molecule has 33 heavy (non-hydrogen) atoms. The van der Waals surface area contributed by atoms with E-state index >= 15 is 0 Å². The standard InChI is InChI=1S/C22H24ClFN4O4S/c1-27(14-3-4-14)17(11-25-22(31)18-6-7-19(23)33-18)21(30)26-13-2-5-16(15(24)10-13)28-8-9-32-12-20(28)29/h2,5-7,10,14,17H,3-4,8-9,11-12H2,1H3,(H,25,31)(H,26,30)/t17-/m1/s1. The highest BCUT2D eigenvalue weighted by molar-refractivity contribution is 7.18. The van der Waals surface area contributed by atoms with Gasteiger partial charge in [0.1, 0.15) is 18.5 Å². The molecular weight excluding hydrogens is 471 g/mol. The zero-order chi connectivity index (χ0) is 23.5. The highest BCUT2D eigenvalue weighted by Crippen LogP contribution is 2.28. The summed E-state index contributed by atoms with van der Waals surface area (Å²) < 4.78 is 20.3. The first kappa shape index (κ1) is 23.6. The lowest BCUT2D eigenvalue weighted by molar-refractivity contribution is -0.125. The van der Waals surface area contributed by atoms with Crippen molar-refractivity contribution >= 4 is 52.0 Å². The maximum atomic E-state index is 14.7. The number of ether oxygens (including phenoxy) is 1. The third kappa shape index (κ3) is 5.70. The van der Waals surface area contributed by atoms with Gasteiger partial charge >= 0.3 is 0 Å². The van der Waals surface area contributed by atoms with Crippen LogP contribution < -0.4 is 15.5 Å². The molecule has 0 bridgehead atoms. The molecule has 0 unspecified atom stereocenters. The van der Waals surface area contributed by atoms with Gasteiger partial charge in [-0.3, -0.25) is 19.3 Å². The van der Waals surface area contributed by atoms with Crippen LogP contribution in [0.5, 0.6) is 0 Å². The maximum absolute atomic E-state index is 14.7. The zero-order valence-electron chi connectivity index (χ0n) is 18.0. The van der Waals surface area contributed by atoms with Crippen molar-refractivity contribution in [3.8, 4) is 0 Å². The lowest BCUT2D eigenvalue weighted by Crippen LogP contribution is -2.50. The van der Waals surface area contributed by atoms with Crippen LogP contribution in [0.2, 0.25) is 4.34 Å². The van der Waals surface area contributed by atoms with Gasteiger partial charge in [-0.2, -0.15) is 0 Å². The number of nitrogens with one attached hydrogen (secondary N) is 2. The van der Waals surface area contributed by atoms with Gasteiger partial charge in [-0.05, 0) is 50.2 Å². The number of anilines is 2. The Labute approximate surface area is 199 Å². The van der Waals surface area contributed by atoms with Crippen molar-refractivity contribution in [2.24, 2.45) is 0 Å². The summed E-state index contributed by atoms with van der Waals surface area (Å²) in [7, 11) is 1.84. The summed E-state index contributed by atoms with van der Waals surface area (Å²) in [5.41, 5.74) is 0.419. The fourth-order valence-electron chi connectivity index (χ4n) is 3.67. The highest BCUT2D eigenvalue weighted by atomic mass is 35.5. The van der Waals surface area contributed by atoms with Gasteiger partial charge < -0.3 is 20.3 Å². The van der Waals surface area contributed by atoms with Gasteiger partial charge in [0.05, 0.1) is 21.5 Å². The van der Waals surface area contributed by atoms with E-state index in [1.54, 1.807) is 18.2 Å². The molecule has 0 radical (unpaired) electrons. The third-order valence-corrected chi connectivity index (χ3v) is 6.89. The number of rotatable bonds is 8. The van der Waals surface area contributed by atoms with E-state index in [2.05, 4.69) is 10.6 Å². The summed E-state index contributed by atoms with van der Waals surface area (Å²) in [6, 6.07) is 7.11. The largest absolute Gasteiger partial charge is 0.370 e. The first-order chi connectivity index (χ1) is 15.8. The average molecular weight is 495 g/mol. The van der Waals surface area contributed by atoms with Gasteiger partial charge in [0, 0.05) is 24.8 Å². The fourth-order valence-corrected chi connectivity index (χ4v) is 4.63. The SMILES string of the molecule is CN(C1CC1)[C@H](CNC(=O)c1ccc(Cl)s1)C(=O)Nc1ccc(N2CCOCC2=O)c(F)c1. The second kappa shape index (κ2) is 10.2. The molecule has 176 valence electrons. The Balaban J connectivity index is 1.43. The molecule has 1 saturated heterocycles. The van der Waals surface area contributed by atoms with Crippen molar-refractivity contribution in [3.63, 3.8) is 0 Å². The second-order valence-corrected chi connectivity index (χ2v) is 9.69. The van der Waals surface area contributed by atoms with Crippen molar-refractivity contribution < 1.29 is 23.5 Å². The number of benzene rings is 1. The molecule has 2 aromatic rings. The molecule has 2 aliphatic rings. The number of amides is 3. The zero-order valence-corrected chi connectivity index (χ0v) is 19.5. The third-order valence-electron chi connectivity index (χ3n) is 5.66. The number of carbonyl (C=O) groups is 3. The lowest BCUT2D eigenvalue weighted by atomic mass is 10.2. The van der Waals surface area contributed by atoms with Gasteiger partial charge in [0.2, 0.25) is 5.91 Å². The number of thiophene rings is 1. The highest BCUT2D eigenvalue weighted by Gasteiger charge is 2.35. The number of hydrogen-bond donors (Lipinski definition) is 2. The van der Waals surface area contributed by atoms with Crippen molar-refractivity contribution in [2.45, 2.75) is 24.9 Å². The monoisotopic (exact) mass is 494 g/mol. The van der Waals surface area contributed by atoms with Crippen LogP contribution in [0.3, 0.4) is 0 Å². The number of hydrogen-bond acceptors (Lipinski definition) is 6. The van der Waals surface area contributed by atoms with Crippen molar-refractivity contribution in [1.82, 2.24) is 10.2 Å². The van der Waals surface area contributed by atoms with E-state index in [4.69, 9.17) is 16.3 Å². The van der Waals surface area contributed by atoms with Crippen LogP contribution in [0, 0.1) is 5.82 Å². The Bertz CT molecular complexity index is 1060. The van der Waals surface area contributed by atoms with Crippen LogP contribution in [0.4, 0.5) is 15.8 Å². The number of likely N-dealkylation sites (N-methyl/N-ethyl adjacent to an activating group) is 1. The minimum absolute atomic E-state index is 0.0868. The summed E-state index contributed by atoms with van der Waals surface area (Å²) in [4.78, 5) is 41.2. The smallest absolute Gasteiger partial charge is 0.261 e. The van der Waals surface area contributed by atoms with Gasteiger partial charge in [-0.1, -0.05) is 11.6 Å². The quantitative estimate of drug-likeness (QED) is 0.589. The molecule has 1 aliphatic heterocycles. The minimum Gasteiger partial charge on any atom is -0.370 e. The second-order valence-electron chi connectivity index (χ2n) is 7.98. The molecule has 1 atom stereocenters. The van der Waals surface area contributed by atoms with Crippen LogP contribution in [-0.2, 0) is 14.3 Å². The van der Waals surface area contributed by atoms with Gasteiger partial charge in [-0.15, -0.1) is 11.3 Å². The van der Waals surface area contributed by atoms with Crippen molar-refractivity contribution in [1.29, 1.82) is 0 Å². The predicted octanol–water partition coefficient (Wildman–Crippen LogP) is 2.74. The Morgan fingerprint density at radius 1 is 1.33 bits per heavy atom. The Kier molecular flexibility index (Phi) is 7.28. The van der Waals surface area contributed by atoms with E-state index in [-0.39, 0.29) is 54.8 Å². The topological polar surface area (TPSA) is 91.0 Å². The number of carbonyl (C=O) groups excluding carboxylic acids is 3. The van der Waals surface area contributed by atoms with Crippen LogP contribution in [0.15, 0.2) is 30.3 Å². The Morgan fingerprint density at radius 3 is 2.76 bits per heavy atom. The molecule has 1 aromatic carbocycles. The number of morpholine rings is 1. The molecule has 2 N–H and O–H groups in total. The molecule has 1 saturated carbocycles. The number of halogens is 2. The first-order valence-corrected chi connectivity index (χ1v) is 11.8. The van der Waals surface area contributed by atoms with E-state index in [1.165, 1.54) is 17.0 Å². The van der Waals surface area contributed by atoms with E-state index in [1.807, 2.05) is 11.9 Å². The van der Waals surface area contributed by atoms with E-state index in [0.29, 0.717) is 15.8 Å². The Hall–Kier alpha value is -2.53. The first-order valence-electron chi connectivity index (χ1n) is 10.6. The summed E-state index contributed by atoms with van der Waals surface area (Å²) >= 11 is 7.06. The maximum Gasteiger partial charge on any atom is 0.261 e. The molecule has 8 nitrogen and oxygen atoms in total.